The second-order valence-electron chi connectivity index (χ2n) is 5.54. The van der Waals surface area contributed by atoms with E-state index in [0.717, 1.165) is 18.3 Å². The number of aromatic nitrogens is 2. The molecule has 0 radical (unpaired) electrons. The molecular formula is C17H23N3S. The first-order valence-electron chi connectivity index (χ1n) is 7.86. The Kier molecular flexibility index (Phi) is 4.86. The van der Waals surface area contributed by atoms with Crippen LogP contribution in [0.3, 0.4) is 0 Å². The summed E-state index contributed by atoms with van der Waals surface area (Å²) in [4.78, 5) is 1.39. The number of anilines is 1. The molecule has 1 aromatic heterocycles. The monoisotopic (exact) mass is 301 g/mol. The largest absolute Gasteiger partial charge is 0.379 e. The van der Waals surface area contributed by atoms with Gasteiger partial charge in [0.15, 0.2) is 0 Å². The highest BCUT2D eigenvalue weighted by Crippen LogP contribution is 2.34. The Bertz CT molecular complexity index is 556. The molecule has 3 nitrogen and oxygen atoms in total. The zero-order valence-electron chi connectivity index (χ0n) is 12.6. The Morgan fingerprint density at radius 3 is 2.67 bits per heavy atom. The van der Waals surface area contributed by atoms with E-state index in [1.54, 1.807) is 0 Å². The molecule has 1 aliphatic rings. The van der Waals surface area contributed by atoms with Crippen molar-refractivity contribution < 1.29 is 0 Å². The summed E-state index contributed by atoms with van der Waals surface area (Å²) in [5.41, 5.74) is 2.40. The predicted octanol–water partition coefficient (Wildman–Crippen LogP) is 4.55. The summed E-state index contributed by atoms with van der Waals surface area (Å²) in [6.07, 6.45) is 7.43. The lowest BCUT2D eigenvalue weighted by Gasteiger charge is -2.11. The van der Waals surface area contributed by atoms with Gasteiger partial charge in [0.1, 0.15) is 0 Å². The van der Waals surface area contributed by atoms with Gasteiger partial charge in [0.05, 0.1) is 12.2 Å². The maximum atomic E-state index is 4.29. The smallest absolute Gasteiger partial charge is 0.0575 e. The third-order valence-electron chi connectivity index (χ3n) is 4.04. The lowest BCUT2D eigenvalue weighted by atomic mass is 10.3. The molecule has 0 atom stereocenters. The van der Waals surface area contributed by atoms with Crippen LogP contribution in [0.15, 0.2) is 41.4 Å². The maximum absolute atomic E-state index is 4.29. The second kappa shape index (κ2) is 7.03. The predicted molar refractivity (Wildman–Crippen MR) is 89.8 cm³/mol. The average molecular weight is 301 g/mol. The highest BCUT2D eigenvalue weighted by atomic mass is 32.2. The Balaban J connectivity index is 1.54. The minimum Gasteiger partial charge on any atom is -0.379 e. The van der Waals surface area contributed by atoms with E-state index < -0.39 is 0 Å². The summed E-state index contributed by atoms with van der Waals surface area (Å²) in [6, 6.07) is 10.9. The molecule has 112 valence electrons. The Hall–Kier alpha value is -1.42. The number of rotatable bonds is 6. The quantitative estimate of drug-likeness (QED) is 0.849. The number of hydrogen-bond donors (Lipinski definition) is 1. The van der Waals surface area contributed by atoms with E-state index in [0.29, 0.717) is 0 Å². The summed E-state index contributed by atoms with van der Waals surface area (Å²) in [6.45, 7) is 3.86. The summed E-state index contributed by atoms with van der Waals surface area (Å²) < 4.78 is 2.03. The number of nitrogens with one attached hydrogen (secondary N) is 1. The minimum atomic E-state index is 0.822. The Morgan fingerprint density at radius 1 is 1.19 bits per heavy atom. The van der Waals surface area contributed by atoms with Crippen LogP contribution >= 0.6 is 11.8 Å². The SMILES string of the molecule is CCn1nccc1CNc1ccc(SC2CCCC2)cc1. The van der Waals surface area contributed by atoms with Crippen LogP contribution in [0.5, 0.6) is 0 Å². The molecule has 1 aromatic carbocycles. The van der Waals surface area contributed by atoms with E-state index in [1.807, 2.05) is 22.6 Å². The molecular weight excluding hydrogens is 278 g/mol. The van der Waals surface area contributed by atoms with E-state index in [9.17, 15) is 0 Å². The third kappa shape index (κ3) is 3.82. The number of aryl methyl sites for hydroxylation is 1. The summed E-state index contributed by atoms with van der Waals surface area (Å²) >= 11 is 2.04. The average Bonchev–Trinajstić information content (AvgIpc) is 3.17. The maximum Gasteiger partial charge on any atom is 0.0575 e. The van der Waals surface area contributed by atoms with E-state index in [2.05, 4.69) is 47.7 Å². The minimum absolute atomic E-state index is 0.822. The summed E-state index contributed by atoms with van der Waals surface area (Å²) in [5.74, 6) is 0. The number of benzene rings is 1. The van der Waals surface area contributed by atoms with Gasteiger partial charge in [0, 0.05) is 28.6 Å². The summed E-state index contributed by atoms with van der Waals surface area (Å²) in [7, 11) is 0. The molecule has 1 N–H and O–H groups in total. The highest BCUT2D eigenvalue weighted by Gasteiger charge is 2.15. The van der Waals surface area contributed by atoms with Crippen LogP contribution < -0.4 is 5.32 Å². The van der Waals surface area contributed by atoms with Crippen LogP contribution in [-0.4, -0.2) is 15.0 Å². The molecule has 0 spiro atoms. The van der Waals surface area contributed by atoms with Crippen LogP contribution in [0.25, 0.3) is 0 Å². The molecule has 0 bridgehead atoms. The second-order valence-corrected chi connectivity index (χ2v) is 6.91. The topological polar surface area (TPSA) is 29.9 Å². The molecule has 1 aliphatic carbocycles. The van der Waals surface area contributed by atoms with Crippen LogP contribution in [0.1, 0.15) is 38.3 Å². The molecule has 1 heterocycles. The zero-order chi connectivity index (χ0) is 14.5. The van der Waals surface area contributed by atoms with Crippen molar-refractivity contribution in [3.8, 4) is 0 Å². The molecule has 4 heteroatoms. The van der Waals surface area contributed by atoms with Gasteiger partial charge in [-0.05, 0) is 50.1 Å². The zero-order valence-corrected chi connectivity index (χ0v) is 13.4. The van der Waals surface area contributed by atoms with Gasteiger partial charge in [-0.15, -0.1) is 11.8 Å². The fraction of sp³-hybridized carbons (Fsp3) is 0.471. The van der Waals surface area contributed by atoms with Crippen molar-refractivity contribution >= 4 is 17.4 Å². The Labute approximate surface area is 131 Å². The van der Waals surface area contributed by atoms with Gasteiger partial charge in [-0.1, -0.05) is 12.8 Å². The number of nitrogens with zero attached hydrogens (tertiary/aromatic N) is 2. The van der Waals surface area contributed by atoms with Crippen molar-refractivity contribution in [2.75, 3.05) is 5.32 Å². The Morgan fingerprint density at radius 2 is 1.95 bits per heavy atom. The highest BCUT2D eigenvalue weighted by molar-refractivity contribution is 8.00. The first-order chi connectivity index (χ1) is 10.3. The van der Waals surface area contributed by atoms with E-state index in [4.69, 9.17) is 0 Å². The lowest BCUT2D eigenvalue weighted by molar-refractivity contribution is 0.627. The van der Waals surface area contributed by atoms with Gasteiger partial charge in [-0.3, -0.25) is 4.68 Å². The molecule has 0 saturated heterocycles. The molecule has 1 saturated carbocycles. The number of thioether (sulfide) groups is 1. The fourth-order valence-electron chi connectivity index (χ4n) is 2.84. The van der Waals surface area contributed by atoms with Crippen LogP contribution in [0.4, 0.5) is 5.69 Å². The van der Waals surface area contributed by atoms with Crippen molar-refractivity contribution in [3.05, 3.63) is 42.2 Å². The van der Waals surface area contributed by atoms with Crippen molar-refractivity contribution in [2.45, 2.75) is 55.8 Å². The molecule has 3 rings (SSSR count). The van der Waals surface area contributed by atoms with Crippen molar-refractivity contribution in [1.82, 2.24) is 9.78 Å². The van der Waals surface area contributed by atoms with Gasteiger partial charge < -0.3 is 5.32 Å². The third-order valence-corrected chi connectivity index (χ3v) is 5.39. The van der Waals surface area contributed by atoms with Crippen LogP contribution in [0, 0.1) is 0 Å². The van der Waals surface area contributed by atoms with Crippen molar-refractivity contribution in [3.63, 3.8) is 0 Å². The summed E-state index contributed by atoms with van der Waals surface area (Å²) in [5, 5.41) is 8.60. The number of hydrogen-bond acceptors (Lipinski definition) is 3. The standard InChI is InChI=1S/C17H23N3S/c1-2-20-15(11-12-19-20)13-18-14-7-9-17(10-8-14)21-16-5-3-4-6-16/h7-12,16,18H,2-6,13H2,1H3. The van der Waals surface area contributed by atoms with Gasteiger partial charge >= 0.3 is 0 Å². The fourth-order valence-corrected chi connectivity index (χ4v) is 4.08. The van der Waals surface area contributed by atoms with Gasteiger partial charge in [-0.25, -0.2) is 0 Å². The van der Waals surface area contributed by atoms with Gasteiger partial charge in [0.2, 0.25) is 0 Å². The van der Waals surface area contributed by atoms with Crippen LogP contribution in [-0.2, 0) is 13.1 Å². The van der Waals surface area contributed by atoms with Crippen molar-refractivity contribution in [2.24, 2.45) is 0 Å². The van der Waals surface area contributed by atoms with E-state index in [1.165, 1.54) is 42.0 Å². The van der Waals surface area contributed by atoms with Gasteiger partial charge in [-0.2, -0.15) is 5.10 Å². The normalized spacial score (nSPS) is 15.5. The molecule has 0 amide bonds. The first kappa shape index (κ1) is 14.5. The first-order valence-corrected chi connectivity index (χ1v) is 8.74. The van der Waals surface area contributed by atoms with Crippen molar-refractivity contribution in [1.29, 1.82) is 0 Å². The molecule has 2 aromatic rings. The van der Waals surface area contributed by atoms with E-state index >= 15 is 0 Å². The molecule has 0 aliphatic heterocycles. The van der Waals surface area contributed by atoms with Crippen LogP contribution in [0.2, 0.25) is 0 Å². The van der Waals surface area contributed by atoms with Gasteiger partial charge in [0.25, 0.3) is 0 Å². The molecule has 21 heavy (non-hydrogen) atoms. The molecule has 0 unspecified atom stereocenters. The van der Waals surface area contributed by atoms with E-state index in [-0.39, 0.29) is 0 Å². The lowest BCUT2D eigenvalue weighted by Crippen LogP contribution is -2.07. The molecule has 1 fully saturated rings.